The number of piperazine rings is 1. The lowest BCUT2D eigenvalue weighted by molar-refractivity contribution is 0.0948. The lowest BCUT2D eigenvalue weighted by Gasteiger charge is -2.36. The molecule has 1 heterocycles. The van der Waals surface area contributed by atoms with E-state index in [4.69, 9.17) is 4.74 Å². The maximum absolute atomic E-state index is 13.1. The molecule has 4 rings (SSSR count). The molecule has 0 aromatic heterocycles. The van der Waals surface area contributed by atoms with Gasteiger partial charge in [0.05, 0.1) is 0 Å². The van der Waals surface area contributed by atoms with Gasteiger partial charge in [0.15, 0.2) is 0 Å². The number of hydrogen-bond acceptors (Lipinski definition) is 4. The highest BCUT2D eigenvalue weighted by molar-refractivity contribution is 5.94. The van der Waals surface area contributed by atoms with Crippen molar-refractivity contribution in [1.29, 1.82) is 0 Å². The molecule has 0 unspecified atom stereocenters. The van der Waals surface area contributed by atoms with Crippen molar-refractivity contribution < 1.29 is 13.9 Å². The summed E-state index contributed by atoms with van der Waals surface area (Å²) in [6.45, 7) is 5.01. The molecule has 0 saturated carbocycles. The number of hydrogen-bond donors (Lipinski definition) is 1. The molecule has 0 aliphatic carbocycles. The van der Waals surface area contributed by atoms with Crippen LogP contribution >= 0.6 is 0 Å². The number of amides is 1. The van der Waals surface area contributed by atoms with Crippen LogP contribution < -0.4 is 15.0 Å². The van der Waals surface area contributed by atoms with E-state index in [1.165, 1.54) is 12.1 Å². The molecule has 160 valence electrons. The van der Waals surface area contributed by atoms with Gasteiger partial charge in [-0.2, -0.15) is 0 Å². The van der Waals surface area contributed by atoms with Crippen molar-refractivity contribution in [2.24, 2.45) is 0 Å². The first-order valence-electron chi connectivity index (χ1n) is 10.5. The highest BCUT2D eigenvalue weighted by Gasteiger charge is 2.17. The first-order valence-corrected chi connectivity index (χ1v) is 10.5. The predicted octanol–water partition coefficient (Wildman–Crippen LogP) is 4.17. The van der Waals surface area contributed by atoms with Crippen LogP contribution in [0, 0.1) is 5.82 Å². The minimum atomic E-state index is -0.212. The van der Waals surface area contributed by atoms with Crippen LogP contribution in [0.4, 0.5) is 10.1 Å². The predicted molar refractivity (Wildman–Crippen MR) is 120 cm³/mol. The van der Waals surface area contributed by atoms with Crippen LogP contribution in [0.1, 0.15) is 10.4 Å². The van der Waals surface area contributed by atoms with Crippen LogP contribution in [0.3, 0.4) is 0 Å². The van der Waals surface area contributed by atoms with E-state index in [2.05, 4.69) is 15.1 Å². The molecule has 31 heavy (non-hydrogen) atoms. The van der Waals surface area contributed by atoms with Gasteiger partial charge in [0.1, 0.15) is 17.3 Å². The van der Waals surface area contributed by atoms with Crippen molar-refractivity contribution in [3.63, 3.8) is 0 Å². The fourth-order valence-electron chi connectivity index (χ4n) is 3.61. The minimum Gasteiger partial charge on any atom is -0.457 e. The monoisotopic (exact) mass is 419 g/mol. The largest absolute Gasteiger partial charge is 0.457 e. The Morgan fingerprint density at radius 1 is 0.839 bits per heavy atom. The number of anilines is 1. The zero-order valence-corrected chi connectivity index (χ0v) is 17.3. The van der Waals surface area contributed by atoms with Crippen molar-refractivity contribution in [1.82, 2.24) is 10.2 Å². The number of halogens is 1. The second-order valence-electron chi connectivity index (χ2n) is 7.50. The van der Waals surface area contributed by atoms with Crippen molar-refractivity contribution in [3.05, 3.63) is 90.2 Å². The first kappa shape index (κ1) is 20.9. The van der Waals surface area contributed by atoms with Crippen molar-refractivity contribution in [2.75, 3.05) is 44.2 Å². The first-order chi connectivity index (χ1) is 15.2. The standard InChI is InChI=1S/C25H26FN3O2/c26-21-8-10-22(11-9-21)29-18-16-28(17-19-29)15-14-27-25(30)20-6-12-24(13-7-20)31-23-4-2-1-3-5-23/h1-13H,14-19H2,(H,27,30). The van der Waals surface area contributed by atoms with Crippen molar-refractivity contribution in [3.8, 4) is 11.5 Å². The van der Waals surface area contributed by atoms with Crippen LogP contribution in [0.5, 0.6) is 11.5 Å². The summed E-state index contributed by atoms with van der Waals surface area (Å²) in [6.07, 6.45) is 0. The molecule has 1 fully saturated rings. The fraction of sp³-hybridized carbons (Fsp3) is 0.240. The van der Waals surface area contributed by atoms with Gasteiger partial charge >= 0.3 is 0 Å². The third-order valence-corrected chi connectivity index (χ3v) is 5.37. The van der Waals surface area contributed by atoms with Crippen LogP contribution in [-0.4, -0.2) is 50.1 Å². The Labute approximate surface area is 182 Å². The number of carbonyl (C=O) groups is 1. The van der Waals surface area contributed by atoms with E-state index < -0.39 is 0 Å². The number of benzene rings is 3. The van der Waals surface area contributed by atoms with E-state index in [9.17, 15) is 9.18 Å². The number of ether oxygens (including phenoxy) is 1. The maximum Gasteiger partial charge on any atom is 0.251 e. The Hall–Kier alpha value is -3.38. The summed E-state index contributed by atoms with van der Waals surface area (Å²) < 4.78 is 18.8. The van der Waals surface area contributed by atoms with Crippen LogP contribution in [0.2, 0.25) is 0 Å². The average molecular weight is 420 g/mol. The number of carbonyl (C=O) groups excluding carboxylic acids is 1. The number of nitrogens with zero attached hydrogens (tertiary/aromatic N) is 2. The summed E-state index contributed by atoms with van der Waals surface area (Å²) in [6, 6.07) is 23.3. The molecule has 3 aromatic rings. The Balaban J connectivity index is 1.18. The van der Waals surface area contributed by atoms with Gasteiger partial charge < -0.3 is 15.0 Å². The average Bonchev–Trinajstić information content (AvgIpc) is 2.81. The van der Waals surface area contributed by atoms with Crippen molar-refractivity contribution >= 4 is 11.6 Å². The molecule has 3 aromatic carbocycles. The SMILES string of the molecule is O=C(NCCN1CCN(c2ccc(F)cc2)CC1)c1ccc(Oc2ccccc2)cc1. The molecule has 6 heteroatoms. The van der Waals surface area contributed by atoms with Crippen LogP contribution in [-0.2, 0) is 0 Å². The number of rotatable bonds is 7. The molecule has 0 radical (unpaired) electrons. The highest BCUT2D eigenvalue weighted by Crippen LogP contribution is 2.21. The smallest absolute Gasteiger partial charge is 0.251 e. The molecule has 1 aliphatic heterocycles. The third-order valence-electron chi connectivity index (χ3n) is 5.37. The Morgan fingerprint density at radius 3 is 2.16 bits per heavy atom. The molecule has 1 N–H and O–H groups in total. The summed E-state index contributed by atoms with van der Waals surface area (Å²) in [5, 5.41) is 2.99. The third kappa shape index (κ3) is 5.83. The highest BCUT2D eigenvalue weighted by atomic mass is 19.1. The molecular formula is C25H26FN3O2. The molecule has 1 aliphatic rings. The molecule has 0 spiro atoms. The lowest BCUT2D eigenvalue weighted by Crippen LogP contribution is -2.48. The molecule has 0 bridgehead atoms. The molecule has 5 nitrogen and oxygen atoms in total. The molecule has 1 amide bonds. The minimum absolute atomic E-state index is 0.0868. The number of para-hydroxylation sites is 1. The Morgan fingerprint density at radius 2 is 1.48 bits per heavy atom. The molecular weight excluding hydrogens is 393 g/mol. The summed E-state index contributed by atoms with van der Waals surface area (Å²) in [7, 11) is 0. The fourth-order valence-corrected chi connectivity index (χ4v) is 3.61. The number of nitrogens with one attached hydrogen (secondary N) is 1. The van der Waals surface area contributed by atoms with Gasteiger partial charge in [-0.15, -0.1) is 0 Å². The summed E-state index contributed by atoms with van der Waals surface area (Å²) >= 11 is 0. The topological polar surface area (TPSA) is 44.8 Å². The second kappa shape index (κ2) is 10.1. The Bertz CT molecular complexity index is 970. The van der Waals surface area contributed by atoms with Gasteiger partial charge in [-0.3, -0.25) is 9.69 Å². The zero-order valence-electron chi connectivity index (χ0n) is 17.3. The molecule has 1 saturated heterocycles. The van der Waals surface area contributed by atoms with E-state index in [0.29, 0.717) is 17.9 Å². The second-order valence-corrected chi connectivity index (χ2v) is 7.50. The summed E-state index contributed by atoms with van der Waals surface area (Å²) in [4.78, 5) is 17.0. The van der Waals surface area contributed by atoms with Gasteiger partial charge in [0, 0.05) is 50.5 Å². The maximum atomic E-state index is 13.1. The van der Waals surface area contributed by atoms with Gasteiger partial charge in [-0.25, -0.2) is 4.39 Å². The van der Waals surface area contributed by atoms with Gasteiger partial charge in [-0.05, 0) is 60.7 Å². The van der Waals surface area contributed by atoms with Crippen molar-refractivity contribution in [2.45, 2.75) is 0 Å². The van der Waals surface area contributed by atoms with E-state index in [0.717, 1.165) is 44.2 Å². The summed E-state index contributed by atoms with van der Waals surface area (Å²) in [5.74, 6) is 1.16. The quantitative estimate of drug-likeness (QED) is 0.624. The normalized spacial score (nSPS) is 14.3. The van der Waals surface area contributed by atoms with E-state index in [1.54, 1.807) is 24.3 Å². The van der Waals surface area contributed by atoms with E-state index >= 15 is 0 Å². The zero-order chi connectivity index (χ0) is 21.5. The van der Waals surface area contributed by atoms with Crippen LogP contribution in [0.15, 0.2) is 78.9 Å². The molecule has 0 atom stereocenters. The van der Waals surface area contributed by atoms with Gasteiger partial charge in [0.25, 0.3) is 5.91 Å². The van der Waals surface area contributed by atoms with Gasteiger partial charge in [-0.1, -0.05) is 18.2 Å². The van der Waals surface area contributed by atoms with Gasteiger partial charge in [0.2, 0.25) is 0 Å². The lowest BCUT2D eigenvalue weighted by atomic mass is 10.2. The summed E-state index contributed by atoms with van der Waals surface area (Å²) in [5.41, 5.74) is 1.66. The Kier molecular flexibility index (Phi) is 6.79. The van der Waals surface area contributed by atoms with E-state index in [1.807, 2.05) is 42.5 Å². The van der Waals surface area contributed by atoms with Crippen LogP contribution in [0.25, 0.3) is 0 Å². The van der Waals surface area contributed by atoms with E-state index in [-0.39, 0.29) is 11.7 Å².